The highest BCUT2D eigenvalue weighted by molar-refractivity contribution is 5.69. The molecule has 0 aromatic carbocycles. The van der Waals surface area contributed by atoms with Crippen molar-refractivity contribution in [2.24, 2.45) is 17.8 Å². The van der Waals surface area contributed by atoms with Gasteiger partial charge in [0, 0.05) is 6.42 Å². The lowest BCUT2D eigenvalue weighted by Gasteiger charge is -2.38. The van der Waals surface area contributed by atoms with Crippen LogP contribution in [0.3, 0.4) is 0 Å². The summed E-state index contributed by atoms with van der Waals surface area (Å²) in [5.41, 5.74) is 0. The van der Waals surface area contributed by atoms with E-state index in [4.69, 9.17) is 4.74 Å². The molecule has 0 amide bonds. The summed E-state index contributed by atoms with van der Waals surface area (Å²) < 4.78 is 5.61. The van der Waals surface area contributed by atoms with Gasteiger partial charge in [-0.2, -0.15) is 0 Å². The summed E-state index contributed by atoms with van der Waals surface area (Å²) in [4.78, 5) is 11.5. The van der Waals surface area contributed by atoms with Crippen LogP contribution in [0.2, 0.25) is 0 Å². The molecule has 2 aliphatic carbocycles. The van der Waals surface area contributed by atoms with E-state index >= 15 is 0 Å². The van der Waals surface area contributed by atoms with Crippen molar-refractivity contribution in [3.63, 3.8) is 0 Å². The van der Waals surface area contributed by atoms with Gasteiger partial charge in [0.15, 0.2) is 0 Å². The second kappa shape index (κ2) is 9.57. The van der Waals surface area contributed by atoms with Crippen molar-refractivity contribution >= 4 is 5.97 Å². The standard InChI is InChI=1S/C20H36O2/c1-3-5-6-8-16-11-13-17(14-12-16)18-9-7-10-19(15-18)22-20(21)4-2/h16-19H,3-15H2,1-2H3/t16?,17?,18-,19-/m1/s1. The topological polar surface area (TPSA) is 26.3 Å². The quantitative estimate of drug-likeness (QED) is 0.433. The summed E-state index contributed by atoms with van der Waals surface area (Å²) in [5.74, 6) is 2.72. The van der Waals surface area contributed by atoms with E-state index in [0.717, 1.165) is 30.6 Å². The average Bonchev–Trinajstić information content (AvgIpc) is 2.56. The van der Waals surface area contributed by atoms with Crippen molar-refractivity contribution in [1.29, 1.82) is 0 Å². The van der Waals surface area contributed by atoms with Crippen LogP contribution in [0.1, 0.15) is 97.3 Å². The highest BCUT2D eigenvalue weighted by Gasteiger charge is 2.32. The van der Waals surface area contributed by atoms with E-state index in [1.807, 2.05) is 6.92 Å². The van der Waals surface area contributed by atoms with E-state index in [-0.39, 0.29) is 12.1 Å². The predicted octanol–water partition coefficient (Wildman–Crippen LogP) is 5.89. The molecule has 2 heteroatoms. The fourth-order valence-electron chi connectivity index (χ4n) is 4.62. The van der Waals surface area contributed by atoms with Crippen LogP contribution in [0.5, 0.6) is 0 Å². The number of rotatable bonds is 7. The lowest BCUT2D eigenvalue weighted by molar-refractivity contribution is -0.151. The van der Waals surface area contributed by atoms with E-state index in [0.29, 0.717) is 6.42 Å². The van der Waals surface area contributed by atoms with Gasteiger partial charge in [-0.25, -0.2) is 0 Å². The molecule has 0 saturated heterocycles. The molecule has 0 N–H and O–H groups in total. The Bertz CT molecular complexity index is 318. The maximum absolute atomic E-state index is 11.5. The molecule has 2 atom stereocenters. The first-order valence-corrected chi connectivity index (χ1v) is 9.92. The number of hydrogen-bond acceptors (Lipinski definition) is 2. The van der Waals surface area contributed by atoms with Crippen LogP contribution in [-0.2, 0) is 9.53 Å². The van der Waals surface area contributed by atoms with Gasteiger partial charge in [-0.3, -0.25) is 4.79 Å². The molecule has 0 bridgehead atoms. The highest BCUT2D eigenvalue weighted by Crippen LogP contribution is 2.41. The molecule has 2 rings (SSSR count). The molecule has 0 unspecified atom stereocenters. The number of esters is 1. The van der Waals surface area contributed by atoms with Crippen LogP contribution in [0.25, 0.3) is 0 Å². The first kappa shape index (κ1) is 17.8. The molecule has 0 aromatic heterocycles. The molecule has 0 aromatic rings. The van der Waals surface area contributed by atoms with Gasteiger partial charge in [-0.15, -0.1) is 0 Å². The fourth-order valence-corrected chi connectivity index (χ4v) is 4.62. The van der Waals surface area contributed by atoms with E-state index < -0.39 is 0 Å². The van der Waals surface area contributed by atoms with Crippen molar-refractivity contribution in [1.82, 2.24) is 0 Å². The Morgan fingerprint density at radius 3 is 2.41 bits per heavy atom. The smallest absolute Gasteiger partial charge is 0.305 e. The summed E-state index contributed by atoms with van der Waals surface area (Å²) in [6.07, 6.45) is 17.0. The number of carbonyl (C=O) groups is 1. The van der Waals surface area contributed by atoms with Crippen LogP contribution in [-0.4, -0.2) is 12.1 Å². The lowest BCUT2D eigenvalue weighted by Crippen LogP contribution is -2.31. The zero-order chi connectivity index (χ0) is 15.8. The van der Waals surface area contributed by atoms with Gasteiger partial charge in [0.1, 0.15) is 6.10 Å². The van der Waals surface area contributed by atoms with Crippen molar-refractivity contribution in [2.45, 2.75) is 103 Å². The van der Waals surface area contributed by atoms with Gasteiger partial charge in [-0.1, -0.05) is 52.4 Å². The molecule has 22 heavy (non-hydrogen) atoms. The van der Waals surface area contributed by atoms with E-state index in [1.54, 1.807) is 0 Å². The SMILES string of the molecule is CCCCCC1CCC([C@@H]2CCC[C@@H](OC(=O)CC)C2)CC1. The molecular weight excluding hydrogens is 272 g/mol. The first-order valence-electron chi connectivity index (χ1n) is 9.92. The Balaban J connectivity index is 1.70. The first-order chi connectivity index (χ1) is 10.7. The van der Waals surface area contributed by atoms with E-state index in [2.05, 4.69) is 6.92 Å². The molecule has 2 saturated carbocycles. The maximum Gasteiger partial charge on any atom is 0.305 e. The normalized spacial score (nSPS) is 32.6. The van der Waals surface area contributed by atoms with Crippen molar-refractivity contribution < 1.29 is 9.53 Å². The summed E-state index contributed by atoms with van der Waals surface area (Å²) >= 11 is 0. The Hall–Kier alpha value is -0.530. The zero-order valence-electron chi connectivity index (χ0n) is 14.8. The number of ether oxygens (including phenoxy) is 1. The Morgan fingerprint density at radius 1 is 0.955 bits per heavy atom. The second-order valence-corrected chi connectivity index (χ2v) is 7.67. The molecular formula is C20H36O2. The van der Waals surface area contributed by atoms with Crippen LogP contribution in [0, 0.1) is 17.8 Å². The van der Waals surface area contributed by atoms with E-state index in [9.17, 15) is 4.79 Å². The van der Waals surface area contributed by atoms with Gasteiger partial charge in [0.05, 0.1) is 0 Å². The second-order valence-electron chi connectivity index (χ2n) is 7.67. The van der Waals surface area contributed by atoms with Gasteiger partial charge >= 0.3 is 5.97 Å². The van der Waals surface area contributed by atoms with Crippen molar-refractivity contribution in [3.05, 3.63) is 0 Å². The summed E-state index contributed by atoms with van der Waals surface area (Å²) in [6, 6.07) is 0. The monoisotopic (exact) mass is 308 g/mol. The van der Waals surface area contributed by atoms with E-state index in [1.165, 1.54) is 64.2 Å². The number of hydrogen-bond donors (Lipinski definition) is 0. The third kappa shape index (κ3) is 5.59. The molecule has 0 heterocycles. The highest BCUT2D eigenvalue weighted by atomic mass is 16.5. The molecule has 0 spiro atoms. The van der Waals surface area contributed by atoms with Gasteiger partial charge in [0.2, 0.25) is 0 Å². The van der Waals surface area contributed by atoms with Crippen LogP contribution in [0.4, 0.5) is 0 Å². The Kier molecular flexibility index (Phi) is 7.75. The third-order valence-electron chi connectivity index (χ3n) is 6.03. The molecule has 128 valence electrons. The van der Waals surface area contributed by atoms with Crippen LogP contribution < -0.4 is 0 Å². The number of carbonyl (C=O) groups excluding carboxylic acids is 1. The largest absolute Gasteiger partial charge is 0.462 e. The Labute approximate surface area is 137 Å². The maximum atomic E-state index is 11.5. The van der Waals surface area contributed by atoms with Gasteiger partial charge in [-0.05, 0) is 56.3 Å². The lowest BCUT2D eigenvalue weighted by atomic mass is 9.70. The Morgan fingerprint density at radius 2 is 1.73 bits per heavy atom. The zero-order valence-corrected chi connectivity index (χ0v) is 14.8. The minimum absolute atomic E-state index is 0.00900. The van der Waals surface area contributed by atoms with Crippen LogP contribution >= 0.6 is 0 Å². The summed E-state index contributed by atoms with van der Waals surface area (Å²) in [5, 5.41) is 0. The minimum atomic E-state index is -0.00900. The fraction of sp³-hybridized carbons (Fsp3) is 0.950. The molecule has 0 radical (unpaired) electrons. The number of unbranched alkanes of at least 4 members (excludes halogenated alkanes) is 2. The average molecular weight is 309 g/mol. The summed E-state index contributed by atoms with van der Waals surface area (Å²) in [7, 11) is 0. The van der Waals surface area contributed by atoms with Crippen molar-refractivity contribution in [2.75, 3.05) is 0 Å². The summed E-state index contributed by atoms with van der Waals surface area (Å²) in [6.45, 7) is 4.18. The van der Waals surface area contributed by atoms with Gasteiger partial charge in [0.25, 0.3) is 0 Å². The molecule has 2 fully saturated rings. The van der Waals surface area contributed by atoms with Crippen LogP contribution in [0.15, 0.2) is 0 Å². The third-order valence-corrected chi connectivity index (χ3v) is 6.03. The molecule has 2 nitrogen and oxygen atoms in total. The molecule has 0 aliphatic heterocycles. The molecule has 2 aliphatic rings. The van der Waals surface area contributed by atoms with Gasteiger partial charge < -0.3 is 4.74 Å². The minimum Gasteiger partial charge on any atom is -0.462 e. The van der Waals surface area contributed by atoms with Crippen molar-refractivity contribution in [3.8, 4) is 0 Å². The predicted molar refractivity (Wildman–Crippen MR) is 91.7 cm³/mol.